The van der Waals surface area contributed by atoms with Crippen LogP contribution >= 0.6 is 11.3 Å². The third kappa shape index (κ3) is 3.20. The number of thiazole rings is 1. The van der Waals surface area contributed by atoms with Gasteiger partial charge in [0.25, 0.3) is 0 Å². The average Bonchev–Trinajstić information content (AvgIpc) is 3.44. The van der Waals surface area contributed by atoms with Crippen molar-refractivity contribution in [2.75, 3.05) is 13.6 Å². The van der Waals surface area contributed by atoms with E-state index in [1.807, 2.05) is 30.3 Å². The van der Waals surface area contributed by atoms with Gasteiger partial charge in [-0.1, -0.05) is 6.07 Å². The number of hydrogen-bond donors (Lipinski definition) is 1. The standard InChI is InChI=1S/C20H18N2O4S/c1-12(13-2-4-16-18(6-13)25-10-23-16)21-8-15-9-27-20(22-15)14-3-5-17-19(7-14)26-11-24-17/h2-7,9,12,21H,8,10-11H2,1H3. The molecule has 3 heterocycles. The molecule has 1 atom stereocenters. The predicted octanol–water partition coefficient (Wildman–Crippen LogP) is 4.12. The van der Waals surface area contributed by atoms with Gasteiger partial charge in [0.1, 0.15) is 5.01 Å². The minimum Gasteiger partial charge on any atom is -0.454 e. The fourth-order valence-corrected chi connectivity index (χ4v) is 3.93. The topological polar surface area (TPSA) is 61.8 Å². The van der Waals surface area contributed by atoms with Crippen LogP contribution in [-0.4, -0.2) is 18.6 Å². The number of fused-ring (bicyclic) bond motifs is 2. The molecule has 1 unspecified atom stereocenters. The van der Waals surface area contributed by atoms with Gasteiger partial charge < -0.3 is 24.3 Å². The minimum absolute atomic E-state index is 0.176. The summed E-state index contributed by atoms with van der Waals surface area (Å²) >= 11 is 1.63. The van der Waals surface area contributed by atoms with Crippen molar-refractivity contribution in [1.29, 1.82) is 0 Å². The molecule has 0 saturated carbocycles. The second-order valence-electron chi connectivity index (χ2n) is 6.43. The zero-order valence-electron chi connectivity index (χ0n) is 14.7. The quantitative estimate of drug-likeness (QED) is 0.716. The number of benzene rings is 2. The van der Waals surface area contributed by atoms with Crippen molar-refractivity contribution in [1.82, 2.24) is 10.3 Å². The molecule has 1 aromatic heterocycles. The molecular formula is C20H18N2O4S. The lowest BCUT2D eigenvalue weighted by Crippen LogP contribution is -2.18. The first-order chi connectivity index (χ1) is 13.3. The van der Waals surface area contributed by atoms with E-state index in [1.54, 1.807) is 11.3 Å². The Hall–Kier alpha value is -2.77. The van der Waals surface area contributed by atoms with E-state index < -0.39 is 0 Å². The van der Waals surface area contributed by atoms with Crippen LogP contribution in [0.4, 0.5) is 0 Å². The number of ether oxygens (including phenoxy) is 4. The minimum atomic E-state index is 0.176. The molecule has 2 aliphatic rings. The lowest BCUT2D eigenvalue weighted by molar-refractivity contribution is 0.173. The summed E-state index contributed by atoms with van der Waals surface area (Å²) in [5.41, 5.74) is 3.21. The Balaban J connectivity index is 1.25. The Morgan fingerprint density at radius 3 is 2.48 bits per heavy atom. The average molecular weight is 382 g/mol. The smallest absolute Gasteiger partial charge is 0.231 e. The van der Waals surface area contributed by atoms with E-state index in [2.05, 4.69) is 23.7 Å². The van der Waals surface area contributed by atoms with Gasteiger partial charge in [0, 0.05) is 23.5 Å². The van der Waals surface area contributed by atoms with Crippen LogP contribution in [0.2, 0.25) is 0 Å². The van der Waals surface area contributed by atoms with Crippen molar-refractivity contribution >= 4 is 11.3 Å². The van der Waals surface area contributed by atoms with Crippen molar-refractivity contribution in [2.24, 2.45) is 0 Å². The largest absolute Gasteiger partial charge is 0.454 e. The van der Waals surface area contributed by atoms with Gasteiger partial charge in [-0.3, -0.25) is 0 Å². The van der Waals surface area contributed by atoms with Gasteiger partial charge in [0.15, 0.2) is 23.0 Å². The fourth-order valence-electron chi connectivity index (χ4n) is 3.11. The molecule has 0 aliphatic carbocycles. The Labute approximate surface area is 160 Å². The number of nitrogens with zero attached hydrogens (tertiary/aromatic N) is 1. The summed E-state index contributed by atoms with van der Waals surface area (Å²) in [6.45, 7) is 3.39. The second-order valence-corrected chi connectivity index (χ2v) is 7.29. The van der Waals surface area contributed by atoms with Crippen LogP contribution in [0.3, 0.4) is 0 Å². The van der Waals surface area contributed by atoms with Gasteiger partial charge in [-0.05, 0) is 42.8 Å². The van der Waals surface area contributed by atoms with E-state index in [1.165, 1.54) is 0 Å². The maximum atomic E-state index is 5.46. The maximum absolute atomic E-state index is 5.46. The fraction of sp³-hybridized carbons (Fsp3) is 0.250. The highest BCUT2D eigenvalue weighted by Gasteiger charge is 2.17. The van der Waals surface area contributed by atoms with Crippen LogP contribution in [0.25, 0.3) is 10.6 Å². The zero-order valence-corrected chi connectivity index (χ0v) is 15.5. The molecule has 3 aromatic rings. The van der Waals surface area contributed by atoms with Gasteiger partial charge in [-0.2, -0.15) is 0 Å². The lowest BCUT2D eigenvalue weighted by atomic mass is 10.1. The van der Waals surface area contributed by atoms with E-state index in [9.17, 15) is 0 Å². The molecular weight excluding hydrogens is 364 g/mol. The van der Waals surface area contributed by atoms with E-state index in [-0.39, 0.29) is 12.8 Å². The van der Waals surface area contributed by atoms with Crippen molar-refractivity contribution in [3.05, 3.63) is 53.0 Å². The van der Waals surface area contributed by atoms with Crippen LogP contribution in [0, 0.1) is 0 Å². The summed E-state index contributed by atoms with van der Waals surface area (Å²) in [6, 6.07) is 12.1. The Morgan fingerprint density at radius 1 is 0.963 bits per heavy atom. The second kappa shape index (κ2) is 6.75. The van der Waals surface area contributed by atoms with Gasteiger partial charge in [0.05, 0.1) is 5.69 Å². The van der Waals surface area contributed by atoms with E-state index in [0.29, 0.717) is 13.3 Å². The van der Waals surface area contributed by atoms with Gasteiger partial charge >= 0.3 is 0 Å². The molecule has 0 saturated heterocycles. The van der Waals surface area contributed by atoms with Gasteiger partial charge in [0.2, 0.25) is 13.6 Å². The molecule has 0 radical (unpaired) electrons. The highest BCUT2D eigenvalue weighted by Crippen LogP contribution is 2.37. The van der Waals surface area contributed by atoms with Crippen LogP contribution in [-0.2, 0) is 6.54 Å². The van der Waals surface area contributed by atoms with Crippen LogP contribution in [0.1, 0.15) is 24.2 Å². The summed E-state index contributed by atoms with van der Waals surface area (Å²) in [6.07, 6.45) is 0. The third-order valence-corrected chi connectivity index (χ3v) is 5.60. The van der Waals surface area contributed by atoms with E-state index in [4.69, 9.17) is 23.9 Å². The molecule has 5 rings (SSSR count). The first kappa shape index (κ1) is 16.4. The molecule has 0 bridgehead atoms. The molecule has 1 N–H and O–H groups in total. The molecule has 0 fully saturated rings. The van der Waals surface area contributed by atoms with Gasteiger partial charge in [-0.15, -0.1) is 11.3 Å². The van der Waals surface area contributed by atoms with Crippen LogP contribution < -0.4 is 24.3 Å². The summed E-state index contributed by atoms with van der Waals surface area (Å²) in [5, 5.41) is 6.57. The SMILES string of the molecule is CC(NCc1csc(-c2ccc3c(c2)OCO3)n1)c1ccc2c(c1)OCO2. The zero-order chi connectivity index (χ0) is 18.2. The summed E-state index contributed by atoms with van der Waals surface area (Å²) in [4.78, 5) is 4.74. The van der Waals surface area contributed by atoms with Crippen molar-refractivity contribution < 1.29 is 18.9 Å². The Kier molecular flexibility index (Phi) is 4.10. The Morgan fingerprint density at radius 2 is 1.67 bits per heavy atom. The molecule has 0 spiro atoms. The van der Waals surface area contributed by atoms with Crippen molar-refractivity contribution in [3.8, 4) is 33.6 Å². The highest BCUT2D eigenvalue weighted by molar-refractivity contribution is 7.13. The number of rotatable bonds is 5. The molecule has 0 amide bonds. The number of nitrogens with one attached hydrogen (secondary N) is 1. The molecule has 7 heteroatoms. The summed E-state index contributed by atoms with van der Waals surface area (Å²) < 4.78 is 21.6. The van der Waals surface area contributed by atoms with E-state index in [0.717, 1.165) is 44.8 Å². The molecule has 2 aliphatic heterocycles. The first-order valence-corrected chi connectivity index (χ1v) is 9.61. The van der Waals surface area contributed by atoms with Crippen molar-refractivity contribution in [2.45, 2.75) is 19.5 Å². The third-order valence-electron chi connectivity index (χ3n) is 4.66. The van der Waals surface area contributed by atoms with Crippen molar-refractivity contribution in [3.63, 3.8) is 0 Å². The van der Waals surface area contributed by atoms with Crippen LogP contribution in [0.5, 0.6) is 23.0 Å². The normalized spacial score (nSPS) is 15.1. The highest BCUT2D eigenvalue weighted by atomic mass is 32.1. The van der Waals surface area contributed by atoms with Crippen LogP contribution in [0.15, 0.2) is 41.8 Å². The first-order valence-electron chi connectivity index (χ1n) is 8.73. The summed E-state index contributed by atoms with van der Waals surface area (Å²) in [5.74, 6) is 3.17. The number of aromatic nitrogens is 1. The monoisotopic (exact) mass is 382 g/mol. The Bertz CT molecular complexity index is 988. The molecule has 6 nitrogen and oxygen atoms in total. The molecule has 138 valence electrons. The number of hydrogen-bond acceptors (Lipinski definition) is 7. The predicted molar refractivity (Wildman–Crippen MR) is 101 cm³/mol. The molecule has 27 heavy (non-hydrogen) atoms. The van der Waals surface area contributed by atoms with Gasteiger partial charge in [-0.25, -0.2) is 4.98 Å². The van der Waals surface area contributed by atoms with E-state index >= 15 is 0 Å². The molecule has 2 aromatic carbocycles. The summed E-state index contributed by atoms with van der Waals surface area (Å²) in [7, 11) is 0. The lowest BCUT2D eigenvalue weighted by Gasteiger charge is -2.13. The maximum Gasteiger partial charge on any atom is 0.231 e.